The molecule has 1 rings (SSSR count). The maximum Gasteiger partial charge on any atom is 0.143 e. The molecular weight excluding hydrogens is 202 g/mol. The maximum absolute atomic E-state index is 12.7. The maximum atomic E-state index is 12.7. The van der Waals surface area contributed by atoms with Crippen LogP contribution in [0.15, 0.2) is 16.6 Å². The van der Waals surface area contributed by atoms with Crippen LogP contribution in [0.1, 0.15) is 5.56 Å². The summed E-state index contributed by atoms with van der Waals surface area (Å²) >= 11 is 2.94. The van der Waals surface area contributed by atoms with Crippen molar-refractivity contribution in [3.05, 3.63) is 33.8 Å². The van der Waals surface area contributed by atoms with E-state index >= 15 is 0 Å². The van der Waals surface area contributed by atoms with Gasteiger partial charge >= 0.3 is 0 Å². The zero-order chi connectivity index (χ0) is 7.72. The quantitative estimate of drug-likeness (QED) is 0.573. The van der Waals surface area contributed by atoms with Crippen LogP contribution in [0, 0.1) is 18.6 Å². The lowest BCUT2D eigenvalue weighted by Gasteiger charge is -1.98. The van der Waals surface area contributed by atoms with Crippen LogP contribution in [0.3, 0.4) is 0 Å². The summed E-state index contributed by atoms with van der Waals surface area (Å²) in [6, 6.07) is 2.57. The molecule has 0 saturated carbocycles. The molecule has 1 aromatic rings. The highest BCUT2D eigenvalue weighted by Gasteiger charge is 2.05. The molecule has 3 heteroatoms. The molecule has 0 unspecified atom stereocenters. The third-order valence-electron chi connectivity index (χ3n) is 1.27. The number of hydrogen-bond donors (Lipinski definition) is 0. The largest absolute Gasteiger partial charge is 0.207 e. The highest BCUT2D eigenvalue weighted by atomic mass is 79.9. The Hall–Kier alpha value is -0.440. The van der Waals surface area contributed by atoms with E-state index in [2.05, 4.69) is 15.9 Å². The van der Waals surface area contributed by atoms with Gasteiger partial charge in [0.2, 0.25) is 0 Å². The van der Waals surface area contributed by atoms with Crippen molar-refractivity contribution >= 4 is 15.9 Å². The molecule has 0 fully saturated rings. The van der Waals surface area contributed by atoms with Crippen molar-refractivity contribution < 1.29 is 8.78 Å². The summed E-state index contributed by atoms with van der Waals surface area (Å²) in [7, 11) is 0. The molecule has 0 aliphatic rings. The first-order valence-electron chi connectivity index (χ1n) is 2.73. The second-order valence-corrected chi connectivity index (χ2v) is 2.82. The lowest BCUT2D eigenvalue weighted by Crippen LogP contribution is -1.88. The molecule has 0 amide bonds. The second kappa shape index (κ2) is 2.66. The van der Waals surface area contributed by atoms with Gasteiger partial charge in [0.15, 0.2) is 0 Å². The molecular formula is C7H5BrF2. The fraction of sp³-hybridized carbons (Fsp3) is 0.143. The first-order valence-corrected chi connectivity index (χ1v) is 3.52. The molecule has 0 aliphatic carbocycles. The molecule has 1 aromatic carbocycles. The Labute approximate surface area is 66.0 Å². The van der Waals surface area contributed by atoms with E-state index in [0.29, 0.717) is 4.47 Å². The van der Waals surface area contributed by atoms with Crippen molar-refractivity contribution in [2.45, 2.75) is 6.92 Å². The predicted octanol–water partition coefficient (Wildman–Crippen LogP) is 3.04. The predicted molar refractivity (Wildman–Crippen MR) is 38.8 cm³/mol. The van der Waals surface area contributed by atoms with Gasteiger partial charge in [-0.2, -0.15) is 0 Å². The van der Waals surface area contributed by atoms with Gasteiger partial charge in [0.25, 0.3) is 0 Å². The Balaban J connectivity index is 3.34. The minimum absolute atomic E-state index is 0.0503. The average Bonchev–Trinajstić information content (AvgIpc) is 1.93. The minimum atomic E-state index is -0.528. The van der Waals surface area contributed by atoms with Gasteiger partial charge in [0.1, 0.15) is 11.6 Å². The normalized spacial score (nSPS) is 10.0. The lowest BCUT2D eigenvalue weighted by molar-refractivity contribution is 0.564. The number of halogens is 3. The second-order valence-electron chi connectivity index (χ2n) is 1.97. The van der Waals surface area contributed by atoms with Gasteiger partial charge in [-0.1, -0.05) is 0 Å². The van der Waals surface area contributed by atoms with E-state index in [-0.39, 0.29) is 5.56 Å². The van der Waals surface area contributed by atoms with E-state index in [9.17, 15) is 8.78 Å². The summed E-state index contributed by atoms with van der Waals surface area (Å²) in [5.41, 5.74) is 0.0503. The molecule has 0 aromatic heterocycles. The third-order valence-corrected chi connectivity index (χ3v) is 1.89. The van der Waals surface area contributed by atoms with E-state index in [4.69, 9.17) is 0 Å². The molecule has 0 radical (unpaired) electrons. The number of rotatable bonds is 0. The van der Waals surface area contributed by atoms with Crippen molar-refractivity contribution in [3.63, 3.8) is 0 Å². The highest BCUT2D eigenvalue weighted by Crippen LogP contribution is 2.19. The number of hydrogen-bond acceptors (Lipinski definition) is 0. The van der Waals surface area contributed by atoms with Crippen LogP contribution in [0.25, 0.3) is 0 Å². The lowest BCUT2D eigenvalue weighted by atomic mass is 10.2. The first-order chi connectivity index (χ1) is 4.63. The standard InChI is InChI=1S/C7H5BrF2/c1-4-6(9)3-2-5(8)7(4)10/h2-3H,1H3. The fourth-order valence-corrected chi connectivity index (χ4v) is 1.06. The summed E-state index contributed by atoms with van der Waals surface area (Å²) in [5.74, 6) is -1.04. The van der Waals surface area contributed by atoms with Crippen LogP contribution in [-0.2, 0) is 0 Å². The van der Waals surface area contributed by atoms with E-state index in [1.54, 1.807) is 0 Å². The van der Waals surface area contributed by atoms with Crippen molar-refractivity contribution in [2.24, 2.45) is 0 Å². The van der Waals surface area contributed by atoms with Crippen molar-refractivity contribution in [2.75, 3.05) is 0 Å². The third kappa shape index (κ3) is 1.19. The Morgan fingerprint density at radius 3 is 2.40 bits per heavy atom. The van der Waals surface area contributed by atoms with Gasteiger partial charge in [-0.15, -0.1) is 0 Å². The summed E-state index contributed by atoms with van der Waals surface area (Å²) < 4.78 is 25.5. The van der Waals surface area contributed by atoms with Crippen LogP contribution in [-0.4, -0.2) is 0 Å². The number of benzene rings is 1. The van der Waals surface area contributed by atoms with Gasteiger partial charge in [0.05, 0.1) is 4.47 Å². The van der Waals surface area contributed by atoms with Crippen LogP contribution >= 0.6 is 15.9 Å². The molecule has 0 N–H and O–H groups in total. The summed E-state index contributed by atoms with van der Waals surface area (Å²) in [4.78, 5) is 0. The van der Waals surface area contributed by atoms with E-state index in [1.807, 2.05) is 0 Å². The molecule has 0 bridgehead atoms. The van der Waals surface area contributed by atoms with Crippen molar-refractivity contribution in [1.29, 1.82) is 0 Å². The highest BCUT2D eigenvalue weighted by molar-refractivity contribution is 9.10. The minimum Gasteiger partial charge on any atom is -0.207 e. The zero-order valence-corrected chi connectivity index (χ0v) is 6.87. The zero-order valence-electron chi connectivity index (χ0n) is 5.29. The molecule has 54 valence electrons. The molecule has 0 spiro atoms. The van der Waals surface area contributed by atoms with E-state index in [1.165, 1.54) is 19.1 Å². The van der Waals surface area contributed by atoms with Gasteiger partial charge in [-0.25, -0.2) is 8.78 Å². The summed E-state index contributed by atoms with van der Waals surface area (Å²) in [5, 5.41) is 0. The average molecular weight is 207 g/mol. The smallest absolute Gasteiger partial charge is 0.143 e. The monoisotopic (exact) mass is 206 g/mol. The molecule has 0 nitrogen and oxygen atoms in total. The van der Waals surface area contributed by atoms with E-state index in [0.717, 1.165) is 0 Å². The Morgan fingerprint density at radius 1 is 1.30 bits per heavy atom. The summed E-state index contributed by atoms with van der Waals surface area (Å²) in [6.45, 7) is 1.40. The van der Waals surface area contributed by atoms with Crippen LogP contribution in [0.4, 0.5) is 8.78 Å². The van der Waals surface area contributed by atoms with E-state index < -0.39 is 11.6 Å². The Kier molecular flexibility index (Phi) is 2.04. The topological polar surface area (TPSA) is 0 Å². The first kappa shape index (κ1) is 7.66. The molecule has 0 heterocycles. The van der Waals surface area contributed by atoms with Gasteiger partial charge in [0, 0.05) is 5.56 Å². The molecule has 0 aliphatic heterocycles. The van der Waals surface area contributed by atoms with Crippen LogP contribution < -0.4 is 0 Å². The Morgan fingerprint density at radius 2 is 1.90 bits per heavy atom. The molecule has 0 saturated heterocycles. The summed E-state index contributed by atoms with van der Waals surface area (Å²) in [6.07, 6.45) is 0. The molecule has 0 atom stereocenters. The van der Waals surface area contributed by atoms with Crippen LogP contribution in [0.5, 0.6) is 0 Å². The SMILES string of the molecule is Cc1c(F)ccc(Br)c1F. The fourth-order valence-electron chi connectivity index (χ4n) is 0.628. The van der Waals surface area contributed by atoms with Crippen molar-refractivity contribution in [1.82, 2.24) is 0 Å². The van der Waals surface area contributed by atoms with Gasteiger partial charge in [-0.3, -0.25) is 0 Å². The Bertz CT molecular complexity index is 231. The van der Waals surface area contributed by atoms with Crippen molar-refractivity contribution in [3.8, 4) is 0 Å². The van der Waals surface area contributed by atoms with Gasteiger partial charge in [-0.05, 0) is 35.0 Å². The van der Waals surface area contributed by atoms with Crippen LogP contribution in [0.2, 0.25) is 0 Å². The van der Waals surface area contributed by atoms with Gasteiger partial charge < -0.3 is 0 Å². The molecule has 10 heavy (non-hydrogen) atoms.